The smallest absolute Gasteiger partial charge is 0.290 e. The molecule has 0 unspecified atom stereocenters. The van der Waals surface area contributed by atoms with Crippen LogP contribution in [0.5, 0.6) is 0 Å². The SMILES string of the molecule is C[C@H]1[C@H](O)[C@@H](O)[C@H]2CN(Cc3nc4ccccc4[nH]3)C[C@@H]2[C@H]1C(=O)NCCO.O=CO. The molecule has 0 bridgehead atoms. The summed E-state index contributed by atoms with van der Waals surface area (Å²) in [5.41, 5.74) is 1.90. The number of carbonyl (C=O) groups excluding carboxylic acids is 1. The summed E-state index contributed by atoms with van der Waals surface area (Å²) >= 11 is 0. The Labute approximate surface area is 179 Å². The molecule has 2 heterocycles. The van der Waals surface area contributed by atoms with Crippen molar-refractivity contribution in [1.29, 1.82) is 0 Å². The Hall–Kier alpha value is -2.53. The van der Waals surface area contributed by atoms with Crippen molar-refractivity contribution >= 4 is 23.4 Å². The normalized spacial score (nSPS) is 30.3. The van der Waals surface area contributed by atoms with Gasteiger partial charge in [0.05, 0.1) is 36.4 Å². The van der Waals surface area contributed by atoms with Gasteiger partial charge in [-0.3, -0.25) is 14.5 Å². The molecule has 1 aliphatic carbocycles. The maximum atomic E-state index is 12.7. The van der Waals surface area contributed by atoms with E-state index in [2.05, 4.69) is 20.2 Å². The molecule has 10 nitrogen and oxygen atoms in total. The molecule has 31 heavy (non-hydrogen) atoms. The molecule has 1 saturated carbocycles. The quantitative estimate of drug-likeness (QED) is 0.341. The number of aliphatic hydroxyl groups excluding tert-OH is 3. The summed E-state index contributed by atoms with van der Waals surface area (Å²) < 4.78 is 0. The number of para-hydroxylation sites is 2. The number of nitrogens with one attached hydrogen (secondary N) is 2. The monoisotopic (exact) mass is 434 g/mol. The summed E-state index contributed by atoms with van der Waals surface area (Å²) in [6.45, 7) is 3.51. The first-order chi connectivity index (χ1) is 14.9. The maximum Gasteiger partial charge on any atom is 0.290 e. The van der Waals surface area contributed by atoms with Crippen molar-refractivity contribution in [3.05, 3.63) is 30.1 Å². The van der Waals surface area contributed by atoms with E-state index in [4.69, 9.17) is 15.0 Å². The summed E-state index contributed by atoms with van der Waals surface area (Å²) in [6.07, 6.45) is -1.78. The van der Waals surface area contributed by atoms with Crippen LogP contribution in [0.15, 0.2) is 24.3 Å². The number of H-pyrrole nitrogens is 1. The topological polar surface area (TPSA) is 159 Å². The summed E-state index contributed by atoms with van der Waals surface area (Å²) in [6, 6.07) is 7.86. The molecule has 1 aromatic carbocycles. The Balaban J connectivity index is 0.000000858. The van der Waals surface area contributed by atoms with Crippen LogP contribution in [-0.4, -0.2) is 86.1 Å². The van der Waals surface area contributed by atoms with Gasteiger partial charge in [0, 0.05) is 31.5 Å². The molecule has 1 aliphatic heterocycles. The van der Waals surface area contributed by atoms with Crippen molar-refractivity contribution in [2.45, 2.75) is 25.7 Å². The van der Waals surface area contributed by atoms with E-state index in [1.807, 2.05) is 31.2 Å². The third-order valence-electron chi connectivity index (χ3n) is 6.37. The molecular formula is C21H30N4O6. The van der Waals surface area contributed by atoms with E-state index in [-0.39, 0.29) is 43.3 Å². The van der Waals surface area contributed by atoms with E-state index < -0.39 is 18.1 Å². The van der Waals surface area contributed by atoms with E-state index in [9.17, 15) is 15.0 Å². The number of benzene rings is 1. The molecule has 1 amide bonds. The van der Waals surface area contributed by atoms with Gasteiger partial charge in [-0.1, -0.05) is 19.1 Å². The molecule has 4 rings (SSSR count). The van der Waals surface area contributed by atoms with Crippen molar-refractivity contribution in [1.82, 2.24) is 20.2 Å². The fourth-order valence-electron chi connectivity index (χ4n) is 5.00. The lowest BCUT2D eigenvalue weighted by Gasteiger charge is -2.43. The third kappa shape index (κ3) is 4.87. The Bertz CT molecular complexity index is 857. The molecule has 170 valence electrons. The van der Waals surface area contributed by atoms with Crippen LogP contribution in [0.25, 0.3) is 11.0 Å². The Morgan fingerprint density at radius 2 is 1.94 bits per heavy atom. The first-order valence-corrected chi connectivity index (χ1v) is 10.4. The van der Waals surface area contributed by atoms with Crippen LogP contribution in [0, 0.1) is 23.7 Å². The van der Waals surface area contributed by atoms with E-state index in [1.165, 1.54) is 0 Å². The number of amides is 1. The molecule has 1 saturated heterocycles. The van der Waals surface area contributed by atoms with Gasteiger partial charge in [-0.05, 0) is 24.0 Å². The van der Waals surface area contributed by atoms with Crippen LogP contribution in [0.4, 0.5) is 0 Å². The Morgan fingerprint density at radius 3 is 2.61 bits per heavy atom. The number of imidazole rings is 1. The lowest BCUT2D eigenvalue weighted by atomic mass is 9.65. The number of carbonyl (C=O) groups is 2. The number of aliphatic hydroxyl groups is 3. The summed E-state index contributed by atoms with van der Waals surface area (Å²) in [7, 11) is 0. The summed E-state index contributed by atoms with van der Waals surface area (Å²) in [5.74, 6) is -0.258. The predicted molar refractivity (Wildman–Crippen MR) is 112 cm³/mol. The van der Waals surface area contributed by atoms with Crippen molar-refractivity contribution < 1.29 is 30.0 Å². The molecular weight excluding hydrogens is 404 g/mol. The first-order valence-electron chi connectivity index (χ1n) is 10.4. The van der Waals surface area contributed by atoms with Crippen molar-refractivity contribution in [2.24, 2.45) is 23.7 Å². The number of fused-ring (bicyclic) bond motifs is 2. The number of aromatic amines is 1. The van der Waals surface area contributed by atoms with Gasteiger partial charge in [0.2, 0.25) is 5.91 Å². The van der Waals surface area contributed by atoms with Gasteiger partial charge < -0.3 is 30.7 Å². The van der Waals surface area contributed by atoms with Crippen LogP contribution in [0.2, 0.25) is 0 Å². The van der Waals surface area contributed by atoms with Gasteiger partial charge in [-0.15, -0.1) is 0 Å². The van der Waals surface area contributed by atoms with Crippen LogP contribution in [0.1, 0.15) is 12.7 Å². The van der Waals surface area contributed by atoms with Crippen LogP contribution < -0.4 is 5.32 Å². The second-order valence-electron chi connectivity index (χ2n) is 8.21. The van der Waals surface area contributed by atoms with Gasteiger partial charge in [0.1, 0.15) is 5.82 Å². The maximum absolute atomic E-state index is 12.7. The summed E-state index contributed by atoms with van der Waals surface area (Å²) in [5, 5.41) is 39.8. The molecule has 6 N–H and O–H groups in total. The second-order valence-corrected chi connectivity index (χ2v) is 8.21. The van der Waals surface area contributed by atoms with Gasteiger partial charge in [0.15, 0.2) is 0 Å². The molecule has 10 heteroatoms. The van der Waals surface area contributed by atoms with Gasteiger partial charge in [-0.2, -0.15) is 0 Å². The molecule has 0 spiro atoms. The van der Waals surface area contributed by atoms with Gasteiger partial charge in [0.25, 0.3) is 6.47 Å². The molecule has 2 aliphatic rings. The number of aromatic nitrogens is 2. The Kier molecular flexibility index (Phi) is 7.60. The molecule has 2 aromatic rings. The minimum atomic E-state index is -0.933. The zero-order valence-electron chi connectivity index (χ0n) is 17.4. The zero-order valence-corrected chi connectivity index (χ0v) is 17.4. The van der Waals surface area contributed by atoms with Crippen molar-refractivity contribution in [3.8, 4) is 0 Å². The van der Waals surface area contributed by atoms with Crippen LogP contribution in [0.3, 0.4) is 0 Å². The van der Waals surface area contributed by atoms with E-state index in [0.29, 0.717) is 19.6 Å². The van der Waals surface area contributed by atoms with Crippen molar-refractivity contribution in [3.63, 3.8) is 0 Å². The second kappa shape index (κ2) is 10.2. The molecule has 0 radical (unpaired) electrons. The lowest BCUT2D eigenvalue weighted by molar-refractivity contribution is -0.146. The molecule has 6 atom stereocenters. The van der Waals surface area contributed by atoms with Crippen molar-refractivity contribution in [2.75, 3.05) is 26.2 Å². The molecule has 2 fully saturated rings. The third-order valence-corrected chi connectivity index (χ3v) is 6.37. The number of hydrogen-bond donors (Lipinski definition) is 6. The number of nitrogens with zero attached hydrogens (tertiary/aromatic N) is 2. The van der Waals surface area contributed by atoms with Crippen LogP contribution in [-0.2, 0) is 16.1 Å². The summed E-state index contributed by atoms with van der Waals surface area (Å²) in [4.78, 5) is 31.2. The predicted octanol–water partition coefficient (Wildman–Crippen LogP) is -0.592. The van der Waals surface area contributed by atoms with E-state index in [1.54, 1.807) is 0 Å². The highest BCUT2D eigenvalue weighted by atomic mass is 16.3. The van der Waals surface area contributed by atoms with E-state index in [0.717, 1.165) is 16.9 Å². The lowest BCUT2D eigenvalue weighted by Crippen LogP contribution is -2.55. The van der Waals surface area contributed by atoms with E-state index >= 15 is 0 Å². The number of rotatable bonds is 5. The number of likely N-dealkylation sites (tertiary alicyclic amines) is 1. The zero-order chi connectivity index (χ0) is 22.5. The fourth-order valence-corrected chi connectivity index (χ4v) is 5.00. The Morgan fingerprint density at radius 1 is 1.26 bits per heavy atom. The van der Waals surface area contributed by atoms with Crippen LogP contribution >= 0.6 is 0 Å². The largest absolute Gasteiger partial charge is 0.483 e. The first kappa shape index (κ1) is 23.1. The number of hydrogen-bond acceptors (Lipinski definition) is 7. The fraction of sp³-hybridized carbons (Fsp3) is 0.571. The highest BCUT2D eigenvalue weighted by molar-refractivity contribution is 5.79. The van der Waals surface area contributed by atoms with Gasteiger partial charge >= 0.3 is 0 Å². The molecule has 1 aromatic heterocycles. The highest BCUT2D eigenvalue weighted by Crippen LogP contribution is 2.43. The van der Waals surface area contributed by atoms with Gasteiger partial charge in [-0.25, -0.2) is 4.98 Å². The average molecular weight is 434 g/mol. The average Bonchev–Trinajstić information content (AvgIpc) is 3.35. The minimum absolute atomic E-state index is 0.0449. The number of carboxylic acid groups (broad SMARTS) is 1. The standard InChI is InChI=1S/C20H28N4O4.CH2O2/c1-11-17(20(28)21-6-7-25)12-8-24(9-13(12)19(27)18(11)26)10-16-22-14-4-2-3-5-15(14)23-16;2-1-3/h2-5,11-13,17-19,25-27H,6-10H2,1H3,(H,21,28)(H,22,23);1H,(H,2,3)/t11-,12+,13+,17+,18+,19+;/m1./s1. The minimum Gasteiger partial charge on any atom is -0.483 e. The highest BCUT2D eigenvalue weighted by Gasteiger charge is 2.53.